The van der Waals surface area contributed by atoms with Crippen LogP contribution in [0.2, 0.25) is 5.02 Å². The van der Waals surface area contributed by atoms with Gasteiger partial charge >= 0.3 is 5.97 Å². The third-order valence-electron chi connectivity index (χ3n) is 6.75. The summed E-state index contributed by atoms with van der Waals surface area (Å²) < 4.78 is 26.0. The van der Waals surface area contributed by atoms with Crippen LogP contribution in [-0.2, 0) is 11.3 Å². The molecule has 1 amide bonds. The standard InChI is InChI=1S/C31H27ClFN5O5/c1-42-24-6-3-5-23(33)27(24)29-22-13-18(32)8-10-20(22)28-17(15-35-29)16-36-31(38-28)37-19-9-11-21(25(14-19)43-2)30(41)34-12-4-7-26(39)40/h3,5-6,8-11,13-14,16H,4,7,12,15H2,1-2H3,(H,34,41)(H,39,40)(H,36,37,38). The van der Waals surface area contributed by atoms with Crippen LogP contribution in [0, 0.1) is 5.82 Å². The molecule has 1 aliphatic rings. The van der Waals surface area contributed by atoms with Crippen molar-refractivity contribution in [2.75, 3.05) is 26.1 Å². The first-order valence-corrected chi connectivity index (χ1v) is 13.7. The maximum absolute atomic E-state index is 15.1. The second-order valence-corrected chi connectivity index (χ2v) is 9.97. The lowest BCUT2D eigenvalue weighted by molar-refractivity contribution is -0.137. The Bertz CT molecular complexity index is 1750. The molecular weight excluding hydrogens is 577 g/mol. The van der Waals surface area contributed by atoms with Crippen LogP contribution < -0.4 is 20.1 Å². The van der Waals surface area contributed by atoms with Gasteiger partial charge in [-0.2, -0.15) is 0 Å². The van der Waals surface area contributed by atoms with E-state index in [1.54, 1.807) is 48.7 Å². The number of fused-ring (bicyclic) bond motifs is 3. The topological polar surface area (TPSA) is 135 Å². The van der Waals surface area contributed by atoms with Gasteiger partial charge in [0.05, 0.1) is 43.3 Å². The summed E-state index contributed by atoms with van der Waals surface area (Å²) in [4.78, 5) is 37.3. The molecule has 0 unspecified atom stereocenters. The number of benzene rings is 3. The smallest absolute Gasteiger partial charge is 0.303 e. The zero-order valence-corrected chi connectivity index (χ0v) is 24.0. The van der Waals surface area contributed by atoms with E-state index >= 15 is 4.39 Å². The molecule has 2 heterocycles. The van der Waals surface area contributed by atoms with Crippen LogP contribution in [0.25, 0.3) is 11.3 Å². The van der Waals surface area contributed by atoms with E-state index in [0.717, 1.165) is 5.56 Å². The van der Waals surface area contributed by atoms with Crippen molar-refractivity contribution in [1.82, 2.24) is 15.3 Å². The molecule has 0 spiro atoms. The highest BCUT2D eigenvalue weighted by molar-refractivity contribution is 6.31. The number of hydrogen-bond donors (Lipinski definition) is 3. The van der Waals surface area contributed by atoms with Gasteiger partial charge in [0.25, 0.3) is 5.91 Å². The number of methoxy groups -OCH3 is 2. The number of ether oxygens (including phenoxy) is 2. The minimum absolute atomic E-state index is 0.0384. The maximum Gasteiger partial charge on any atom is 0.303 e. The van der Waals surface area contributed by atoms with Crippen LogP contribution in [-0.4, -0.2) is 53.4 Å². The molecule has 0 bridgehead atoms. The minimum atomic E-state index is -0.923. The summed E-state index contributed by atoms with van der Waals surface area (Å²) in [5.41, 5.74) is 4.10. The molecule has 0 fully saturated rings. The van der Waals surface area contributed by atoms with Gasteiger partial charge in [0.2, 0.25) is 5.95 Å². The zero-order chi connectivity index (χ0) is 30.5. The van der Waals surface area contributed by atoms with Crippen molar-refractivity contribution in [2.45, 2.75) is 19.4 Å². The molecule has 0 saturated carbocycles. The average molecular weight is 604 g/mol. The Morgan fingerprint density at radius 1 is 1.05 bits per heavy atom. The summed E-state index contributed by atoms with van der Waals surface area (Å²) >= 11 is 6.38. The second kappa shape index (κ2) is 12.9. The Morgan fingerprint density at radius 2 is 1.86 bits per heavy atom. The van der Waals surface area contributed by atoms with Gasteiger partial charge < -0.3 is 25.2 Å². The van der Waals surface area contributed by atoms with Gasteiger partial charge in [-0.1, -0.05) is 23.7 Å². The van der Waals surface area contributed by atoms with E-state index in [2.05, 4.69) is 15.6 Å². The van der Waals surface area contributed by atoms with Crippen LogP contribution in [0.3, 0.4) is 0 Å². The number of carbonyl (C=O) groups excluding carboxylic acids is 1. The van der Waals surface area contributed by atoms with E-state index < -0.39 is 11.8 Å². The number of carbonyl (C=O) groups is 2. The first kappa shape index (κ1) is 29.5. The summed E-state index contributed by atoms with van der Waals surface area (Å²) in [5.74, 6) is -0.850. The van der Waals surface area contributed by atoms with Gasteiger partial charge in [-0.25, -0.2) is 14.4 Å². The van der Waals surface area contributed by atoms with Crippen molar-refractivity contribution in [3.63, 3.8) is 0 Å². The van der Waals surface area contributed by atoms with E-state index in [1.807, 2.05) is 6.07 Å². The number of nitrogens with zero attached hydrogens (tertiary/aromatic N) is 3. The highest BCUT2D eigenvalue weighted by Gasteiger charge is 2.25. The third kappa shape index (κ3) is 6.41. The summed E-state index contributed by atoms with van der Waals surface area (Å²) in [6, 6.07) is 14.8. The van der Waals surface area contributed by atoms with Crippen molar-refractivity contribution >= 4 is 40.8 Å². The van der Waals surface area contributed by atoms with Crippen LogP contribution in [0.4, 0.5) is 16.0 Å². The Morgan fingerprint density at radius 3 is 2.63 bits per heavy atom. The molecule has 220 valence electrons. The number of aliphatic carboxylic acids is 1. The fourth-order valence-electron chi connectivity index (χ4n) is 4.72. The highest BCUT2D eigenvalue weighted by Crippen LogP contribution is 2.36. The predicted octanol–water partition coefficient (Wildman–Crippen LogP) is 5.64. The number of rotatable bonds is 10. The molecule has 3 N–H and O–H groups in total. The normalized spacial score (nSPS) is 11.9. The number of anilines is 2. The average Bonchev–Trinajstić information content (AvgIpc) is 3.15. The molecule has 0 aliphatic carbocycles. The lowest BCUT2D eigenvalue weighted by atomic mass is 9.94. The molecule has 1 aliphatic heterocycles. The summed E-state index contributed by atoms with van der Waals surface area (Å²) in [6.45, 7) is 0.415. The fourth-order valence-corrected chi connectivity index (χ4v) is 4.90. The third-order valence-corrected chi connectivity index (χ3v) is 6.99. The second-order valence-electron chi connectivity index (χ2n) is 9.53. The number of halogens is 2. The van der Waals surface area contributed by atoms with Crippen molar-refractivity contribution < 1.29 is 28.6 Å². The molecule has 4 aromatic rings. The number of aromatic nitrogens is 2. The molecule has 10 nitrogen and oxygen atoms in total. The largest absolute Gasteiger partial charge is 0.496 e. The molecule has 0 radical (unpaired) electrons. The first-order chi connectivity index (χ1) is 20.8. The van der Waals surface area contributed by atoms with Crippen LogP contribution in [0.5, 0.6) is 11.5 Å². The molecule has 3 aromatic carbocycles. The van der Waals surface area contributed by atoms with Crippen molar-refractivity contribution in [2.24, 2.45) is 4.99 Å². The molecule has 5 rings (SSSR count). The summed E-state index contributed by atoms with van der Waals surface area (Å²) in [5, 5.41) is 15.1. The van der Waals surface area contributed by atoms with E-state index in [4.69, 9.17) is 36.2 Å². The van der Waals surface area contributed by atoms with Gasteiger partial charge in [-0.3, -0.25) is 14.6 Å². The Balaban J connectivity index is 1.45. The van der Waals surface area contributed by atoms with Gasteiger partial charge in [-0.05, 0) is 42.8 Å². The Kier molecular flexibility index (Phi) is 8.82. The van der Waals surface area contributed by atoms with Crippen LogP contribution in [0.15, 0.2) is 65.8 Å². The van der Waals surface area contributed by atoms with E-state index in [9.17, 15) is 9.59 Å². The zero-order valence-electron chi connectivity index (χ0n) is 23.3. The molecule has 0 saturated heterocycles. The lowest BCUT2D eigenvalue weighted by Crippen LogP contribution is -2.25. The van der Waals surface area contributed by atoms with Gasteiger partial charge in [0.15, 0.2) is 0 Å². The summed E-state index contributed by atoms with van der Waals surface area (Å²) in [7, 11) is 2.92. The molecule has 0 atom stereocenters. The number of amides is 1. The maximum atomic E-state index is 15.1. The van der Waals surface area contributed by atoms with Gasteiger partial charge in [-0.15, -0.1) is 0 Å². The molecule has 43 heavy (non-hydrogen) atoms. The monoisotopic (exact) mass is 603 g/mol. The number of carboxylic acid groups (broad SMARTS) is 1. The van der Waals surface area contributed by atoms with Gasteiger partial charge in [0.1, 0.15) is 17.3 Å². The quantitative estimate of drug-likeness (QED) is 0.198. The van der Waals surface area contributed by atoms with Gasteiger partial charge in [0, 0.05) is 52.6 Å². The molecular formula is C31H27ClFN5O5. The molecule has 12 heteroatoms. The molecule has 1 aromatic heterocycles. The lowest BCUT2D eigenvalue weighted by Gasteiger charge is -2.15. The van der Waals surface area contributed by atoms with Crippen LogP contribution in [0.1, 0.15) is 39.9 Å². The Hall–Kier alpha value is -5.03. The number of aliphatic imine (C=N–C) groups is 1. The van der Waals surface area contributed by atoms with E-state index in [1.165, 1.54) is 20.3 Å². The number of carboxylic acids is 1. The SMILES string of the molecule is COc1cc(Nc2ncc3c(n2)-c2ccc(Cl)cc2C(c2c(F)cccc2OC)=NC3)ccc1C(=O)NCCCC(=O)O. The predicted molar refractivity (Wildman–Crippen MR) is 160 cm³/mol. The van der Waals surface area contributed by atoms with E-state index in [-0.39, 0.29) is 36.9 Å². The van der Waals surface area contributed by atoms with Crippen molar-refractivity contribution in [1.29, 1.82) is 0 Å². The number of hydrogen-bond acceptors (Lipinski definition) is 8. The fraction of sp³-hybridized carbons (Fsp3) is 0.194. The van der Waals surface area contributed by atoms with Crippen molar-refractivity contribution in [3.8, 4) is 22.8 Å². The summed E-state index contributed by atoms with van der Waals surface area (Å²) in [6.07, 6.45) is 1.93. The van der Waals surface area contributed by atoms with Crippen molar-refractivity contribution in [3.05, 3.63) is 93.9 Å². The Labute approximate surface area is 251 Å². The van der Waals surface area contributed by atoms with E-state index in [0.29, 0.717) is 56.7 Å². The first-order valence-electron chi connectivity index (χ1n) is 13.3. The minimum Gasteiger partial charge on any atom is -0.496 e. The highest BCUT2D eigenvalue weighted by atomic mass is 35.5. The number of nitrogens with one attached hydrogen (secondary N) is 2. The van der Waals surface area contributed by atoms with Crippen LogP contribution >= 0.6 is 11.6 Å².